The van der Waals surface area contributed by atoms with Crippen LogP contribution in [-0.2, 0) is 0 Å². The molecule has 0 aliphatic carbocycles. The van der Waals surface area contributed by atoms with Crippen LogP contribution in [0.15, 0.2) is 18.2 Å². The molecule has 0 aliphatic rings. The summed E-state index contributed by atoms with van der Waals surface area (Å²) in [5.41, 5.74) is 7.58. The minimum absolute atomic E-state index is 0.162. The molecule has 4 nitrogen and oxygen atoms in total. The zero-order valence-corrected chi connectivity index (χ0v) is 12.5. The molecule has 106 valence electrons. The van der Waals surface area contributed by atoms with E-state index in [0.717, 1.165) is 23.5 Å². The van der Waals surface area contributed by atoms with E-state index in [0.29, 0.717) is 11.4 Å². The molecule has 0 atom stereocenters. The second kappa shape index (κ2) is 7.31. The van der Waals surface area contributed by atoms with Crippen LogP contribution in [0.3, 0.4) is 0 Å². The summed E-state index contributed by atoms with van der Waals surface area (Å²) in [6.45, 7) is 5.10. The first-order valence-corrected chi connectivity index (χ1v) is 6.77. The highest BCUT2D eigenvalue weighted by atomic mass is 32.1. The largest absolute Gasteiger partial charge is 0.497 e. The summed E-state index contributed by atoms with van der Waals surface area (Å²) in [7, 11) is 1.63. The van der Waals surface area contributed by atoms with E-state index in [1.54, 1.807) is 7.11 Å². The van der Waals surface area contributed by atoms with Crippen LogP contribution in [0.25, 0.3) is 0 Å². The van der Waals surface area contributed by atoms with Crippen molar-refractivity contribution < 1.29 is 9.84 Å². The van der Waals surface area contributed by atoms with Crippen molar-refractivity contribution in [2.45, 2.75) is 26.3 Å². The number of anilines is 1. The normalized spacial score (nSPS) is 10.6. The molecular formula is C14H22N2O2S. The number of ether oxygens (including phenoxy) is 1. The van der Waals surface area contributed by atoms with Gasteiger partial charge in [0.1, 0.15) is 10.7 Å². The average Bonchev–Trinajstić information content (AvgIpc) is 2.38. The summed E-state index contributed by atoms with van der Waals surface area (Å²) in [5, 5.41) is 9.02. The zero-order valence-electron chi connectivity index (χ0n) is 11.7. The number of nitrogens with two attached hydrogens (primary N) is 1. The molecule has 1 rings (SSSR count). The Morgan fingerprint density at radius 1 is 1.47 bits per heavy atom. The molecule has 0 fully saturated rings. The lowest BCUT2D eigenvalue weighted by Crippen LogP contribution is -2.34. The minimum atomic E-state index is 0.162. The summed E-state index contributed by atoms with van der Waals surface area (Å²) < 4.78 is 5.26. The Balaban J connectivity index is 3.20. The summed E-state index contributed by atoms with van der Waals surface area (Å²) in [5.74, 6) is 0.768. The number of benzene rings is 1. The maximum absolute atomic E-state index is 9.02. The van der Waals surface area contributed by atoms with E-state index in [4.69, 9.17) is 27.8 Å². The molecule has 1 aromatic rings. The monoisotopic (exact) mass is 282 g/mol. The molecular weight excluding hydrogens is 260 g/mol. The third kappa shape index (κ3) is 4.08. The van der Waals surface area contributed by atoms with Gasteiger partial charge < -0.3 is 20.5 Å². The van der Waals surface area contributed by atoms with Crippen LogP contribution in [0.1, 0.15) is 25.8 Å². The number of nitrogens with zero attached hydrogens (tertiary/aromatic N) is 1. The van der Waals surface area contributed by atoms with E-state index in [1.807, 2.05) is 18.2 Å². The van der Waals surface area contributed by atoms with Crippen LogP contribution in [0.4, 0.5) is 5.69 Å². The lowest BCUT2D eigenvalue weighted by Gasteiger charge is -2.31. The van der Waals surface area contributed by atoms with Gasteiger partial charge in [0.05, 0.1) is 12.8 Å². The van der Waals surface area contributed by atoms with Gasteiger partial charge in [-0.1, -0.05) is 12.2 Å². The van der Waals surface area contributed by atoms with E-state index in [-0.39, 0.29) is 12.6 Å². The molecule has 0 spiro atoms. The Kier molecular flexibility index (Phi) is 6.05. The highest BCUT2D eigenvalue weighted by Gasteiger charge is 2.16. The Bertz CT molecular complexity index is 435. The number of thiocarbonyl (C=S) groups is 1. The average molecular weight is 282 g/mol. The molecule has 0 aromatic heterocycles. The van der Waals surface area contributed by atoms with E-state index in [2.05, 4.69) is 18.7 Å². The maximum atomic E-state index is 9.02. The van der Waals surface area contributed by atoms with Crippen LogP contribution in [0.5, 0.6) is 5.75 Å². The summed E-state index contributed by atoms with van der Waals surface area (Å²) in [6.07, 6.45) is 0.701. The first-order chi connectivity index (χ1) is 9.01. The van der Waals surface area contributed by atoms with Crippen LogP contribution in [-0.4, -0.2) is 36.4 Å². The molecule has 19 heavy (non-hydrogen) atoms. The van der Waals surface area contributed by atoms with Crippen molar-refractivity contribution in [3.63, 3.8) is 0 Å². The van der Waals surface area contributed by atoms with Crippen LogP contribution in [0.2, 0.25) is 0 Å². The van der Waals surface area contributed by atoms with Gasteiger partial charge in [-0.2, -0.15) is 0 Å². The third-order valence-electron chi connectivity index (χ3n) is 2.96. The van der Waals surface area contributed by atoms with E-state index < -0.39 is 0 Å². The van der Waals surface area contributed by atoms with Gasteiger partial charge in [-0.3, -0.25) is 0 Å². The molecule has 0 bridgehead atoms. The fourth-order valence-electron chi connectivity index (χ4n) is 1.98. The van der Waals surface area contributed by atoms with Crippen molar-refractivity contribution >= 4 is 22.9 Å². The van der Waals surface area contributed by atoms with Crippen molar-refractivity contribution in [1.82, 2.24) is 0 Å². The Morgan fingerprint density at radius 3 is 2.63 bits per heavy atom. The number of methoxy groups -OCH3 is 1. The van der Waals surface area contributed by atoms with Gasteiger partial charge in [0.2, 0.25) is 0 Å². The van der Waals surface area contributed by atoms with Gasteiger partial charge in [-0.05, 0) is 32.4 Å². The third-order valence-corrected chi connectivity index (χ3v) is 3.18. The molecule has 3 N–H and O–H groups in total. The van der Waals surface area contributed by atoms with Crippen LogP contribution in [0, 0.1) is 0 Å². The molecule has 5 heteroatoms. The number of rotatable bonds is 7. The van der Waals surface area contributed by atoms with Gasteiger partial charge >= 0.3 is 0 Å². The van der Waals surface area contributed by atoms with Crippen molar-refractivity contribution in [2.75, 3.05) is 25.2 Å². The van der Waals surface area contributed by atoms with Crippen LogP contribution >= 0.6 is 12.2 Å². The SMILES string of the molecule is COc1ccc(C(N)=S)c(N(CCCO)C(C)C)c1. The minimum Gasteiger partial charge on any atom is -0.497 e. The predicted octanol–water partition coefficient (Wildman–Crippen LogP) is 1.93. The number of aliphatic hydroxyl groups is 1. The van der Waals surface area contributed by atoms with Gasteiger partial charge in [0.15, 0.2) is 0 Å². The Labute approximate surface area is 120 Å². The second-order valence-electron chi connectivity index (χ2n) is 4.61. The van der Waals surface area contributed by atoms with E-state index in [1.165, 1.54) is 0 Å². The zero-order chi connectivity index (χ0) is 14.4. The smallest absolute Gasteiger partial charge is 0.120 e. The van der Waals surface area contributed by atoms with Crippen molar-refractivity contribution in [2.24, 2.45) is 5.73 Å². The molecule has 0 aliphatic heterocycles. The number of aliphatic hydroxyl groups excluding tert-OH is 1. The van der Waals surface area contributed by atoms with E-state index >= 15 is 0 Å². The predicted molar refractivity (Wildman–Crippen MR) is 83.1 cm³/mol. The molecule has 0 saturated carbocycles. The topological polar surface area (TPSA) is 58.7 Å². The van der Waals surface area contributed by atoms with Gasteiger partial charge in [0, 0.05) is 30.8 Å². The molecule has 0 saturated heterocycles. The lowest BCUT2D eigenvalue weighted by molar-refractivity contribution is 0.288. The summed E-state index contributed by atoms with van der Waals surface area (Å²) in [6, 6.07) is 5.95. The van der Waals surface area contributed by atoms with Gasteiger partial charge in [0.25, 0.3) is 0 Å². The van der Waals surface area contributed by atoms with Crippen molar-refractivity contribution in [1.29, 1.82) is 0 Å². The molecule has 0 amide bonds. The highest BCUT2D eigenvalue weighted by molar-refractivity contribution is 7.80. The molecule has 0 radical (unpaired) electrons. The molecule has 0 heterocycles. The van der Waals surface area contributed by atoms with Gasteiger partial charge in [-0.25, -0.2) is 0 Å². The van der Waals surface area contributed by atoms with Gasteiger partial charge in [-0.15, -0.1) is 0 Å². The fourth-order valence-corrected chi connectivity index (χ4v) is 2.15. The standard InChI is InChI=1S/C14H22N2O2S/c1-10(2)16(7-4-8-17)13-9-11(18-3)5-6-12(13)14(15)19/h5-6,9-10,17H,4,7-8H2,1-3H3,(H2,15,19). The quantitative estimate of drug-likeness (QED) is 0.748. The summed E-state index contributed by atoms with van der Waals surface area (Å²) >= 11 is 5.11. The highest BCUT2D eigenvalue weighted by Crippen LogP contribution is 2.28. The van der Waals surface area contributed by atoms with E-state index in [9.17, 15) is 0 Å². The number of hydrogen-bond donors (Lipinski definition) is 2. The fraction of sp³-hybridized carbons (Fsp3) is 0.500. The Hall–Kier alpha value is -1.33. The van der Waals surface area contributed by atoms with Crippen molar-refractivity contribution in [3.8, 4) is 5.75 Å². The van der Waals surface area contributed by atoms with Crippen LogP contribution < -0.4 is 15.4 Å². The molecule has 0 unspecified atom stereocenters. The first kappa shape index (κ1) is 15.7. The second-order valence-corrected chi connectivity index (χ2v) is 5.05. The molecule has 1 aromatic carbocycles. The maximum Gasteiger partial charge on any atom is 0.120 e. The lowest BCUT2D eigenvalue weighted by atomic mass is 10.1. The summed E-state index contributed by atoms with van der Waals surface area (Å²) in [4.78, 5) is 2.54. The first-order valence-electron chi connectivity index (χ1n) is 6.36. The van der Waals surface area contributed by atoms with Crippen molar-refractivity contribution in [3.05, 3.63) is 23.8 Å². The number of hydrogen-bond acceptors (Lipinski definition) is 4. The Morgan fingerprint density at radius 2 is 2.16 bits per heavy atom.